The molecule has 2 rings (SSSR count). The van der Waals surface area contributed by atoms with Crippen molar-refractivity contribution < 1.29 is 4.39 Å². The SMILES string of the molecule is CCNC(=NCc1ccccc1F)NCCc1ccc(Cl)nc1.I. The lowest BCUT2D eigenvalue weighted by molar-refractivity contribution is 0.610. The number of aliphatic imine (C=N–C) groups is 1. The molecule has 24 heavy (non-hydrogen) atoms. The fourth-order valence-electron chi connectivity index (χ4n) is 2.01. The molecule has 0 fully saturated rings. The van der Waals surface area contributed by atoms with Crippen LogP contribution in [0.2, 0.25) is 5.15 Å². The summed E-state index contributed by atoms with van der Waals surface area (Å²) in [5.41, 5.74) is 1.67. The normalized spacial score (nSPS) is 10.9. The summed E-state index contributed by atoms with van der Waals surface area (Å²) in [4.78, 5) is 8.46. The maximum absolute atomic E-state index is 13.6. The number of benzene rings is 1. The summed E-state index contributed by atoms with van der Waals surface area (Å²) >= 11 is 5.76. The predicted molar refractivity (Wildman–Crippen MR) is 108 cm³/mol. The molecular weight excluding hydrogens is 442 g/mol. The van der Waals surface area contributed by atoms with Crippen molar-refractivity contribution in [3.63, 3.8) is 0 Å². The van der Waals surface area contributed by atoms with Gasteiger partial charge in [-0.05, 0) is 31.0 Å². The van der Waals surface area contributed by atoms with E-state index in [2.05, 4.69) is 20.6 Å². The zero-order valence-electron chi connectivity index (χ0n) is 13.4. The van der Waals surface area contributed by atoms with Crippen LogP contribution in [0.5, 0.6) is 0 Å². The molecular formula is C17H21ClFIN4. The number of guanidine groups is 1. The Morgan fingerprint density at radius 3 is 2.67 bits per heavy atom. The van der Waals surface area contributed by atoms with E-state index in [1.165, 1.54) is 6.07 Å². The molecule has 4 nitrogen and oxygen atoms in total. The van der Waals surface area contributed by atoms with Crippen LogP contribution in [-0.4, -0.2) is 24.0 Å². The Morgan fingerprint density at radius 1 is 1.21 bits per heavy atom. The molecule has 0 amide bonds. The lowest BCUT2D eigenvalue weighted by atomic mass is 10.2. The van der Waals surface area contributed by atoms with Crippen LogP contribution in [0, 0.1) is 5.82 Å². The Balaban J connectivity index is 0.00000288. The van der Waals surface area contributed by atoms with E-state index >= 15 is 0 Å². The molecule has 130 valence electrons. The first-order chi connectivity index (χ1) is 11.2. The van der Waals surface area contributed by atoms with Gasteiger partial charge in [0.05, 0.1) is 6.54 Å². The number of rotatable bonds is 6. The van der Waals surface area contributed by atoms with Gasteiger partial charge in [0.15, 0.2) is 5.96 Å². The monoisotopic (exact) mass is 462 g/mol. The van der Waals surface area contributed by atoms with Crippen LogP contribution in [0.15, 0.2) is 47.6 Å². The summed E-state index contributed by atoms with van der Waals surface area (Å²) in [6, 6.07) is 10.4. The summed E-state index contributed by atoms with van der Waals surface area (Å²) < 4.78 is 13.6. The topological polar surface area (TPSA) is 49.3 Å². The Morgan fingerprint density at radius 2 is 2.00 bits per heavy atom. The van der Waals surface area contributed by atoms with E-state index in [9.17, 15) is 4.39 Å². The van der Waals surface area contributed by atoms with Crippen LogP contribution < -0.4 is 10.6 Å². The minimum Gasteiger partial charge on any atom is -0.357 e. The maximum atomic E-state index is 13.6. The first-order valence-electron chi connectivity index (χ1n) is 7.55. The Bertz CT molecular complexity index is 649. The van der Waals surface area contributed by atoms with E-state index in [0.29, 0.717) is 29.8 Å². The molecule has 0 atom stereocenters. The summed E-state index contributed by atoms with van der Waals surface area (Å²) in [5.74, 6) is 0.428. The molecule has 1 aromatic heterocycles. The van der Waals surface area contributed by atoms with E-state index < -0.39 is 0 Å². The van der Waals surface area contributed by atoms with Crippen LogP contribution >= 0.6 is 35.6 Å². The molecule has 1 aromatic carbocycles. The Hall–Kier alpha value is -1.41. The number of halogens is 3. The maximum Gasteiger partial charge on any atom is 0.191 e. The highest BCUT2D eigenvalue weighted by Gasteiger charge is 2.02. The third kappa shape index (κ3) is 7.00. The molecule has 0 aliphatic heterocycles. The molecule has 1 heterocycles. The van der Waals surface area contributed by atoms with Gasteiger partial charge < -0.3 is 10.6 Å². The lowest BCUT2D eigenvalue weighted by Gasteiger charge is -2.11. The van der Waals surface area contributed by atoms with Crippen molar-refractivity contribution in [1.29, 1.82) is 0 Å². The predicted octanol–water partition coefficient (Wildman–Crippen LogP) is 3.79. The van der Waals surface area contributed by atoms with E-state index in [-0.39, 0.29) is 29.8 Å². The molecule has 0 radical (unpaired) electrons. The Labute approximate surface area is 164 Å². The van der Waals surface area contributed by atoms with Crippen LogP contribution in [0.4, 0.5) is 4.39 Å². The average molecular weight is 463 g/mol. The standard InChI is InChI=1S/C17H20ClFN4.HI/c1-2-20-17(23-12-14-5-3-4-6-15(14)19)21-10-9-13-7-8-16(18)22-11-13;/h3-8,11H,2,9-10,12H2,1H3,(H2,20,21,23);1H. The molecule has 0 aliphatic rings. The van der Waals surface area contributed by atoms with Crippen molar-refractivity contribution in [2.45, 2.75) is 19.9 Å². The van der Waals surface area contributed by atoms with Gasteiger partial charge in [-0.2, -0.15) is 0 Å². The van der Waals surface area contributed by atoms with Crippen molar-refractivity contribution in [1.82, 2.24) is 15.6 Å². The van der Waals surface area contributed by atoms with Gasteiger partial charge in [0, 0.05) is 24.8 Å². The zero-order chi connectivity index (χ0) is 16.5. The smallest absolute Gasteiger partial charge is 0.191 e. The molecule has 7 heteroatoms. The number of hydrogen-bond acceptors (Lipinski definition) is 2. The number of aromatic nitrogens is 1. The average Bonchev–Trinajstić information content (AvgIpc) is 2.56. The van der Waals surface area contributed by atoms with Gasteiger partial charge in [0.25, 0.3) is 0 Å². The molecule has 2 aromatic rings. The lowest BCUT2D eigenvalue weighted by Crippen LogP contribution is -2.38. The van der Waals surface area contributed by atoms with Gasteiger partial charge in [0.1, 0.15) is 11.0 Å². The Kier molecular flexibility index (Phi) is 9.63. The number of pyridine rings is 1. The molecule has 0 saturated carbocycles. The summed E-state index contributed by atoms with van der Waals surface area (Å²) in [6.07, 6.45) is 2.56. The molecule has 0 unspecified atom stereocenters. The quantitative estimate of drug-likeness (QED) is 0.297. The molecule has 0 spiro atoms. The molecule has 0 aliphatic carbocycles. The second-order valence-electron chi connectivity index (χ2n) is 4.95. The van der Waals surface area contributed by atoms with E-state index in [0.717, 1.165) is 18.5 Å². The van der Waals surface area contributed by atoms with Crippen LogP contribution in [0.25, 0.3) is 0 Å². The summed E-state index contributed by atoms with van der Waals surface area (Å²) in [7, 11) is 0. The number of nitrogens with one attached hydrogen (secondary N) is 2. The second kappa shape index (κ2) is 11.2. The number of nitrogens with zero attached hydrogens (tertiary/aromatic N) is 2. The highest BCUT2D eigenvalue weighted by Crippen LogP contribution is 2.07. The van der Waals surface area contributed by atoms with Crippen molar-refractivity contribution in [2.75, 3.05) is 13.1 Å². The fourth-order valence-corrected chi connectivity index (χ4v) is 2.12. The minimum absolute atomic E-state index is 0. The molecule has 2 N–H and O–H groups in total. The third-order valence-corrected chi connectivity index (χ3v) is 3.43. The minimum atomic E-state index is -0.237. The number of hydrogen-bond donors (Lipinski definition) is 2. The van der Waals surface area contributed by atoms with Gasteiger partial charge in [-0.1, -0.05) is 35.9 Å². The largest absolute Gasteiger partial charge is 0.357 e. The fraction of sp³-hybridized carbons (Fsp3) is 0.294. The highest BCUT2D eigenvalue weighted by molar-refractivity contribution is 14.0. The van der Waals surface area contributed by atoms with Crippen LogP contribution in [0.3, 0.4) is 0 Å². The van der Waals surface area contributed by atoms with Crippen molar-refractivity contribution in [2.24, 2.45) is 4.99 Å². The molecule has 0 saturated heterocycles. The van der Waals surface area contributed by atoms with E-state index in [1.54, 1.807) is 24.4 Å². The van der Waals surface area contributed by atoms with Crippen LogP contribution in [0.1, 0.15) is 18.1 Å². The van der Waals surface area contributed by atoms with E-state index in [4.69, 9.17) is 11.6 Å². The summed E-state index contributed by atoms with van der Waals surface area (Å²) in [5, 5.41) is 6.86. The first kappa shape index (κ1) is 20.6. The van der Waals surface area contributed by atoms with Crippen LogP contribution in [-0.2, 0) is 13.0 Å². The van der Waals surface area contributed by atoms with Crippen molar-refractivity contribution >= 4 is 41.5 Å². The summed E-state index contributed by atoms with van der Waals surface area (Å²) in [6.45, 7) is 3.73. The van der Waals surface area contributed by atoms with Crippen molar-refractivity contribution in [3.8, 4) is 0 Å². The highest BCUT2D eigenvalue weighted by atomic mass is 127. The van der Waals surface area contributed by atoms with Gasteiger partial charge in [-0.3, -0.25) is 0 Å². The molecule has 0 bridgehead atoms. The zero-order valence-corrected chi connectivity index (χ0v) is 16.5. The van der Waals surface area contributed by atoms with Gasteiger partial charge in [0.2, 0.25) is 0 Å². The first-order valence-corrected chi connectivity index (χ1v) is 7.93. The second-order valence-corrected chi connectivity index (χ2v) is 5.34. The van der Waals surface area contributed by atoms with Crippen molar-refractivity contribution in [3.05, 3.63) is 64.7 Å². The van der Waals surface area contributed by atoms with E-state index in [1.807, 2.05) is 19.1 Å². The van der Waals surface area contributed by atoms with Gasteiger partial charge >= 0.3 is 0 Å². The van der Waals surface area contributed by atoms with Gasteiger partial charge in [-0.15, -0.1) is 24.0 Å². The van der Waals surface area contributed by atoms with Gasteiger partial charge in [-0.25, -0.2) is 14.4 Å². The third-order valence-electron chi connectivity index (χ3n) is 3.20.